The Morgan fingerprint density at radius 2 is 2.17 bits per heavy atom. The zero-order valence-corrected chi connectivity index (χ0v) is 10.1. The lowest BCUT2D eigenvalue weighted by Crippen LogP contribution is -2.47. The normalized spacial score (nSPS) is 23.3. The Morgan fingerprint density at radius 3 is 2.83 bits per heavy atom. The van der Waals surface area contributed by atoms with Crippen molar-refractivity contribution in [1.29, 1.82) is 0 Å². The molecule has 0 unspecified atom stereocenters. The third kappa shape index (κ3) is 2.87. The van der Waals surface area contributed by atoms with Crippen LogP contribution in [0.1, 0.15) is 18.0 Å². The number of carbonyl (C=O) groups excluding carboxylic acids is 2. The topological polar surface area (TPSA) is 64.6 Å². The molecule has 0 aromatic heterocycles. The van der Waals surface area contributed by atoms with E-state index >= 15 is 0 Å². The maximum Gasteiger partial charge on any atom is 0.327 e. The summed E-state index contributed by atoms with van der Waals surface area (Å²) in [5.41, 5.74) is 0.831. The lowest BCUT2D eigenvalue weighted by atomic mass is 10.0. The van der Waals surface area contributed by atoms with Gasteiger partial charge in [0.05, 0.1) is 19.6 Å². The summed E-state index contributed by atoms with van der Waals surface area (Å²) < 4.78 is 9.70. The lowest BCUT2D eigenvalue weighted by molar-refractivity contribution is -0.154. The van der Waals surface area contributed by atoms with Crippen LogP contribution >= 0.6 is 0 Å². The molecule has 1 aliphatic rings. The maximum absolute atomic E-state index is 11.7. The van der Waals surface area contributed by atoms with Gasteiger partial charge in [-0.3, -0.25) is 10.1 Å². The zero-order chi connectivity index (χ0) is 13.0. The van der Waals surface area contributed by atoms with Crippen LogP contribution in [0.25, 0.3) is 0 Å². The van der Waals surface area contributed by atoms with E-state index in [1.807, 2.05) is 30.3 Å². The number of cyclic esters (lactones) is 1. The van der Waals surface area contributed by atoms with E-state index in [2.05, 4.69) is 10.1 Å². The maximum atomic E-state index is 11.7. The van der Waals surface area contributed by atoms with Gasteiger partial charge in [0.1, 0.15) is 12.6 Å². The van der Waals surface area contributed by atoms with Crippen LogP contribution in [0.5, 0.6) is 0 Å². The SMILES string of the molecule is COC(=O)C[C@H]1COC(=O)[C@H](c2ccccc2)N1. The zero-order valence-electron chi connectivity index (χ0n) is 10.1. The van der Waals surface area contributed by atoms with Gasteiger partial charge in [0.15, 0.2) is 0 Å². The van der Waals surface area contributed by atoms with E-state index in [0.717, 1.165) is 5.56 Å². The minimum Gasteiger partial charge on any atom is -0.469 e. The molecule has 96 valence electrons. The van der Waals surface area contributed by atoms with Gasteiger partial charge in [-0.1, -0.05) is 30.3 Å². The number of rotatable bonds is 3. The van der Waals surface area contributed by atoms with Crippen molar-refractivity contribution < 1.29 is 19.1 Å². The van der Waals surface area contributed by atoms with Crippen LogP contribution in [0.4, 0.5) is 0 Å². The average Bonchev–Trinajstić information content (AvgIpc) is 2.42. The molecule has 0 spiro atoms. The fourth-order valence-electron chi connectivity index (χ4n) is 1.90. The lowest BCUT2D eigenvalue weighted by Gasteiger charge is -2.29. The Bertz CT molecular complexity index is 432. The molecule has 1 heterocycles. The van der Waals surface area contributed by atoms with Gasteiger partial charge in [-0.25, -0.2) is 4.79 Å². The van der Waals surface area contributed by atoms with E-state index in [1.165, 1.54) is 7.11 Å². The molecular weight excluding hydrogens is 234 g/mol. The Morgan fingerprint density at radius 1 is 1.44 bits per heavy atom. The summed E-state index contributed by atoms with van der Waals surface area (Å²) in [4.78, 5) is 22.9. The first-order valence-corrected chi connectivity index (χ1v) is 5.75. The van der Waals surface area contributed by atoms with E-state index in [9.17, 15) is 9.59 Å². The molecule has 0 saturated carbocycles. The van der Waals surface area contributed by atoms with Crippen LogP contribution in [0.2, 0.25) is 0 Å². The Balaban J connectivity index is 2.06. The van der Waals surface area contributed by atoms with E-state index in [-0.39, 0.29) is 31.0 Å². The van der Waals surface area contributed by atoms with E-state index in [4.69, 9.17) is 4.74 Å². The second-order valence-electron chi connectivity index (χ2n) is 4.12. The molecule has 1 aromatic carbocycles. The summed E-state index contributed by atoms with van der Waals surface area (Å²) in [6, 6.07) is 8.56. The number of benzene rings is 1. The van der Waals surface area contributed by atoms with Crippen molar-refractivity contribution in [2.45, 2.75) is 18.5 Å². The highest BCUT2D eigenvalue weighted by atomic mass is 16.5. The van der Waals surface area contributed by atoms with Crippen LogP contribution in [-0.4, -0.2) is 31.7 Å². The summed E-state index contributed by atoms with van der Waals surface area (Å²) in [5, 5.41) is 3.11. The highest BCUT2D eigenvalue weighted by Gasteiger charge is 2.31. The molecular formula is C13H15NO4. The number of esters is 2. The van der Waals surface area contributed by atoms with Crippen molar-refractivity contribution in [3.05, 3.63) is 35.9 Å². The first-order chi connectivity index (χ1) is 8.70. The van der Waals surface area contributed by atoms with Gasteiger partial charge in [0, 0.05) is 0 Å². The van der Waals surface area contributed by atoms with Crippen LogP contribution in [0.15, 0.2) is 30.3 Å². The minimum atomic E-state index is -0.519. The van der Waals surface area contributed by atoms with E-state index in [1.54, 1.807) is 0 Å². The monoisotopic (exact) mass is 249 g/mol. The van der Waals surface area contributed by atoms with Gasteiger partial charge < -0.3 is 9.47 Å². The van der Waals surface area contributed by atoms with Crippen molar-refractivity contribution in [3.63, 3.8) is 0 Å². The number of hydrogen-bond donors (Lipinski definition) is 1. The van der Waals surface area contributed by atoms with Gasteiger partial charge in [-0.2, -0.15) is 0 Å². The first-order valence-electron chi connectivity index (χ1n) is 5.75. The summed E-state index contributed by atoms with van der Waals surface area (Å²) in [7, 11) is 1.34. The van der Waals surface area contributed by atoms with Gasteiger partial charge in [0.25, 0.3) is 0 Å². The second kappa shape index (κ2) is 5.64. The molecule has 0 amide bonds. The van der Waals surface area contributed by atoms with Gasteiger partial charge in [-0.15, -0.1) is 0 Å². The number of morpholine rings is 1. The Kier molecular flexibility index (Phi) is 3.94. The van der Waals surface area contributed by atoms with Crippen molar-refractivity contribution in [3.8, 4) is 0 Å². The van der Waals surface area contributed by atoms with Crippen molar-refractivity contribution in [2.75, 3.05) is 13.7 Å². The average molecular weight is 249 g/mol. The molecule has 5 heteroatoms. The number of hydrogen-bond acceptors (Lipinski definition) is 5. The highest BCUT2D eigenvalue weighted by Crippen LogP contribution is 2.19. The van der Waals surface area contributed by atoms with Gasteiger partial charge in [0.2, 0.25) is 0 Å². The number of nitrogens with one attached hydrogen (secondary N) is 1. The third-order valence-corrected chi connectivity index (χ3v) is 2.84. The van der Waals surface area contributed by atoms with Crippen molar-refractivity contribution in [2.24, 2.45) is 0 Å². The molecule has 0 aliphatic carbocycles. The fraction of sp³-hybridized carbons (Fsp3) is 0.385. The third-order valence-electron chi connectivity index (χ3n) is 2.84. The fourth-order valence-corrected chi connectivity index (χ4v) is 1.90. The number of methoxy groups -OCH3 is 1. The molecule has 1 aromatic rings. The number of ether oxygens (including phenoxy) is 2. The van der Waals surface area contributed by atoms with Crippen molar-refractivity contribution >= 4 is 11.9 Å². The van der Waals surface area contributed by atoms with Crippen molar-refractivity contribution in [1.82, 2.24) is 5.32 Å². The Hall–Kier alpha value is -1.88. The highest BCUT2D eigenvalue weighted by molar-refractivity contribution is 5.79. The van der Waals surface area contributed by atoms with Gasteiger partial charge in [-0.05, 0) is 5.56 Å². The molecule has 18 heavy (non-hydrogen) atoms. The largest absolute Gasteiger partial charge is 0.469 e. The van der Waals surface area contributed by atoms with Gasteiger partial charge >= 0.3 is 11.9 Å². The molecule has 0 radical (unpaired) electrons. The van der Waals surface area contributed by atoms with Crippen LogP contribution in [0.3, 0.4) is 0 Å². The minimum absolute atomic E-state index is 0.188. The van der Waals surface area contributed by atoms with E-state index in [0.29, 0.717) is 0 Å². The standard InChI is InChI=1S/C13H15NO4/c1-17-11(15)7-10-8-18-13(16)12(14-10)9-5-3-2-4-6-9/h2-6,10,12,14H,7-8H2,1H3/t10-,12-/m0/s1. The number of carbonyl (C=O) groups is 2. The molecule has 2 rings (SSSR count). The Labute approximate surface area is 105 Å². The van der Waals surface area contributed by atoms with Crippen LogP contribution in [-0.2, 0) is 19.1 Å². The summed E-state index contributed by atoms with van der Waals surface area (Å²) >= 11 is 0. The summed E-state index contributed by atoms with van der Waals surface area (Å²) in [5.74, 6) is -0.639. The smallest absolute Gasteiger partial charge is 0.327 e. The molecule has 0 bridgehead atoms. The second-order valence-corrected chi connectivity index (χ2v) is 4.12. The predicted molar refractivity (Wildman–Crippen MR) is 63.7 cm³/mol. The molecule has 1 aliphatic heterocycles. The molecule has 1 N–H and O–H groups in total. The predicted octanol–water partition coefficient (Wildman–Crippen LogP) is 0.806. The summed E-state index contributed by atoms with van der Waals surface area (Å²) in [6.07, 6.45) is 0.188. The van der Waals surface area contributed by atoms with Crippen LogP contribution < -0.4 is 5.32 Å². The van der Waals surface area contributed by atoms with E-state index < -0.39 is 6.04 Å². The quantitative estimate of drug-likeness (QED) is 0.803. The summed E-state index contributed by atoms with van der Waals surface area (Å²) in [6.45, 7) is 0.192. The van der Waals surface area contributed by atoms with Crippen LogP contribution in [0, 0.1) is 0 Å². The first kappa shape index (κ1) is 12.6. The molecule has 5 nitrogen and oxygen atoms in total. The molecule has 2 atom stereocenters. The molecule has 1 fully saturated rings. The molecule has 1 saturated heterocycles.